The number of nitrogens with one attached hydrogen (secondary N) is 1. The molecule has 158 valence electrons. The van der Waals surface area contributed by atoms with Crippen molar-refractivity contribution in [3.8, 4) is 0 Å². The summed E-state index contributed by atoms with van der Waals surface area (Å²) in [7, 11) is -4.20. The summed E-state index contributed by atoms with van der Waals surface area (Å²) in [6, 6.07) is 13.8. The minimum Gasteiger partial charge on any atom is -0.316 e. The monoisotopic (exact) mass is 441 g/mol. The third-order valence-corrected chi connectivity index (χ3v) is 6.20. The number of hydrogen-bond donors (Lipinski definition) is 1. The third kappa shape index (κ3) is 4.41. The van der Waals surface area contributed by atoms with Gasteiger partial charge in [-0.05, 0) is 42.8 Å². The van der Waals surface area contributed by atoms with Crippen LogP contribution in [-0.4, -0.2) is 24.2 Å². The molecule has 0 radical (unpaired) electrons. The Kier molecular flexibility index (Phi) is 5.79. The maximum Gasteiger partial charge on any atom is 0.293 e. The van der Waals surface area contributed by atoms with Gasteiger partial charge in [-0.2, -0.15) is 0 Å². The van der Waals surface area contributed by atoms with Gasteiger partial charge in [-0.25, -0.2) is 8.42 Å². The Bertz CT molecular complexity index is 1300. The lowest BCUT2D eigenvalue weighted by molar-refractivity contribution is -0.384. The Hall–Kier alpha value is -4.12. The molecule has 0 bridgehead atoms. The normalized spacial score (nSPS) is 11.0. The van der Waals surface area contributed by atoms with Gasteiger partial charge in [0.05, 0.1) is 25.2 Å². The SMILES string of the molecule is Cc1ccc(NC(=O)c2ccccc2S(=O)(=O)c2ccc([N+](=O)[O-])cc2)c([N+](=O)[O-])c1. The molecule has 0 fully saturated rings. The Balaban J connectivity index is 2.01. The number of nitrogens with zero attached hydrogens (tertiary/aromatic N) is 2. The molecule has 1 amide bonds. The number of nitro groups is 2. The van der Waals surface area contributed by atoms with E-state index in [9.17, 15) is 33.4 Å². The molecule has 10 nitrogen and oxygen atoms in total. The van der Waals surface area contributed by atoms with Crippen LogP contribution in [0, 0.1) is 27.2 Å². The Labute approximate surface area is 176 Å². The minimum absolute atomic E-state index is 0.0804. The first-order valence-electron chi connectivity index (χ1n) is 8.76. The fourth-order valence-electron chi connectivity index (χ4n) is 2.85. The second-order valence-electron chi connectivity index (χ2n) is 6.48. The lowest BCUT2D eigenvalue weighted by atomic mass is 10.1. The van der Waals surface area contributed by atoms with Gasteiger partial charge in [0.1, 0.15) is 5.69 Å². The minimum atomic E-state index is -4.20. The van der Waals surface area contributed by atoms with Gasteiger partial charge in [0.2, 0.25) is 9.84 Å². The van der Waals surface area contributed by atoms with Crippen molar-refractivity contribution in [2.24, 2.45) is 0 Å². The van der Waals surface area contributed by atoms with Crippen LogP contribution in [0.15, 0.2) is 76.5 Å². The molecule has 31 heavy (non-hydrogen) atoms. The summed E-state index contributed by atoms with van der Waals surface area (Å²) in [6.07, 6.45) is 0. The standard InChI is InChI=1S/C20H15N3O7S/c1-13-6-11-17(18(12-13)23(27)28)21-20(24)16-4-2-3-5-19(16)31(29,30)15-9-7-14(8-10-15)22(25)26/h2-12H,1H3,(H,21,24). The molecule has 0 unspecified atom stereocenters. The number of non-ortho nitro benzene ring substituents is 1. The van der Waals surface area contributed by atoms with Crippen molar-refractivity contribution < 1.29 is 23.1 Å². The van der Waals surface area contributed by atoms with Crippen molar-refractivity contribution in [3.05, 3.63) is 98.1 Å². The largest absolute Gasteiger partial charge is 0.316 e. The Morgan fingerprint density at radius 2 is 1.55 bits per heavy atom. The zero-order valence-electron chi connectivity index (χ0n) is 16.0. The zero-order valence-corrected chi connectivity index (χ0v) is 16.8. The van der Waals surface area contributed by atoms with Crippen LogP contribution in [-0.2, 0) is 9.84 Å². The second kappa shape index (κ2) is 8.32. The van der Waals surface area contributed by atoms with E-state index in [-0.39, 0.29) is 32.4 Å². The number of amides is 1. The molecular formula is C20H15N3O7S. The molecule has 0 saturated heterocycles. The van der Waals surface area contributed by atoms with E-state index in [4.69, 9.17) is 0 Å². The van der Waals surface area contributed by atoms with Crippen LogP contribution in [0.25, 0.3) is 0 Å². The fraction of sp³-hybridized carbons (Fsp3) is 0.0500. The number of nitro benzene ring substituents is 2. The molecule has 3 rings (SSSR count). The molecule has 11 heteroatoms. The Morgan fingerprint density at radius 3 is 2.16 bits per heavy atom. The van der Waals surface area contributed by atoms with E-state index in [0.717, 1.165) is 24.3 Å². The van der Waals surface area contributed by atoms with Crippen molar-refractivity contribution in [1.82, 2.24) is 0 Å². The highest BCUT2D eigenvalue weighted by Crippen LogP contribution is 2.29. The summed E-state index contributed by atoms with van der Waals surface area (Å²) in [4.78, 5) is 33.0. The molecule has 0 heterocycles. The van der Waals surface area contributed by atoms with Crippen LogP contribution in [0.1, 0.15) is 15.9 Å². The van der Waals surface area contributed by atoms with Crippen LogP contribution < -0.4 is 5.32 Å². The maximum atomic E-state index is 13.1. The summed E-state index contributed by atoms with van der Waals surface area (Å²) < 4.78 is 26.1. The predicted octanol–water partition coefficient (Wildman–Crippen LogP) is 3.90. The molecule has 0 saturated carbocycles. The first-order chi connectivity index (χ1) is 14.6. The fourth-order valence-corrected chi connectivity index (χ4v) is 4.31. The highest BCUT2D eigenvalue weighted by molar-refractivity contribution is 7.91. The topological polar surface area (TPSA) is 150 Å². The smallest absolute Gasteiger partial charge is 0.293 e. The molecular weight excluding hydrogens is 426 g/mol. The van der Waals surface area contributed by atoms with Crippen molar-refractivity contribution in [2.45, 2.75) is 16.7 Å². The summed E-state index contributed by atoms with van der Waals surface area (Å²) >= 11 is 0. The van der Waals surface area contributed by atoms with Gasteiger partial charge in [0.25, 0.3) is 17.3 Å². The van der Waals surface area contributed by atoms with E-state index in [1.807, 2.05) is 0 Å². The summed E-state index contributed by atoms with van der Waals surface area (Å²) in [5.41, 5.74) is -0.301. The van der Waals surface area contributed by atoms with Gasteiger partial charge >= 0.3 is 0 Å². The van der Waals surface area contributed by atoms with Gasteiger partial charge in [0, 0.05) is 18.2 Å². The Morgan fingerprint density at radius 1 is 0.903 bits per heavy atom. The third-order valence-electron chi connectivity index (χ3n) is 4.38. The molecule has 0 atom stereocenters. The molecule has 3 aromatic carbocycles. The van der Waals surface area contributed by atoms with Gasteiger partial charge in [0.15, 0.2) is 0 Å². The van der Waals surface area contributed by atoms with Crippen molar-refractivity contribution >= 4 is 32.8 Å². The van der Waals surface area contributed by atoms with E-state index >= 15 is 0 Å². The van der Waals surface area contributed by atoms with E-state index in [0.29, 0.717) is 5.56 Å². The number of sulfone groups is 1. The lowest BCUT2D eigenvalue weighted by Gasteiger charge is -2.11. The highest BCUT2D eigenvalue weighted by Gasteiger charge is 2.26. The van der Waals surface area contributed by atoms with Crippen molar-refractivity contribution in [1.29, 1.82) is 0 Å². The molecule has 0 aliphatic carbocycles. The first-order valence-corrected chi connectivity index (χ1v) is 10.2. The van der Waals surface area contributed by atoms with Crippen LogP contribution in [0.3, 0.4) is 0 Å². The molecule has 0 aliphatic heterocycles. The van der Waals surface area contributed by atoms with Crippen molar-refractivity contribution in [3.63, 3.8) is 0 Å². The molecule has 0 aromatic heterocycles. The van der Waals surface area contributed by atoms with E-state index in [2.05, 4.69) is 5.32 Å². The zero-order chi connectivity index (χ0) is 22.8. The summed E-state index contributed by atoms with van der Waals surface area (Å²) in [5, 5.41) is 24.5. The van der Waals surface area contributed by atoms with Crippen molar-refractivity contribution in [2.75, 3.05) is 5.32 Å². The number of benzene rings is 3. The number of hydrogen-bond acceptors (Lipinski definition) is 7. The number of carbonyl (C=O) groups is 1. The maximum absolute atomic E-state index is 13.1. The van der Waals surface area contributed by atoms with Crippen LogP contribution >= 0.6 is 0 Å². The van der Waals surface area contributed by atoms with Crippen LogP contribution in [0.5, 0.6) is 0 Å². The van der Waals surface area contributed by atoms with Gasteiger partial charge in [-0.3, -0.25) is 25.0 Å². The molecule has 1 N–H and O–H groups in total. The number of anilines is 1. The number of rotatable bonds is 6. The van der Waals surface area contributed by atoms with E-state index in [1.165, 1.54) is 36.4 Å². The average molecular weight is 441 g/mol. The molecule has 0 aliphatic rings. The first kappa shape index (κ1) is 21.6. The van der Waals surface area contributed by atoms with Gasteiger partial charge in [-0.1, -0.05) is 18.2 Å². The molecule has 3 aromatic rings. The lowest BCUT2D eigenvalue weighted by Crippen LogP contribution is -2.17. The van der Waals surface area contributed by atoms with Gasteiger partial charge in [-0.15, -0.1) is 0 Å². The highest BCUT2D eigenvalue weighted by atomic mass is 32.2. The second-order valence-corrected chi connectivity index (χ2v) is 8.40. The van der Waals surface area contributed by atoms with Crippen LogP contribution in [0.4, 0.5) is 17.1 Å². The molecule has 0 spiro atoms. The average Bonchev–Trinajstić information content (AvgIpc) is 2.74. The van der Waals surface area contributed by atoms with E-state index < -0.39 is 25.6 Å². The predicted molar refractivity (Wildman–Crippen MR) is 111 cm³/mol. The summed E-state index contributed by atoms with van der Waals surface area (Å²) in [5.74, 6) is -0.854. The number of carbonyl (C=O) groups excluding carboxylic acids is 1. The quantitative estimate of drug-likeness (QED) is 0.450. The van der Waals surface area contributed by atoms with E-state index in [1.54, 1.807) is 13.0 Å². The number of aryl methyl sites for hydroxylation is 1. The van der Waals surface area contributed by atoms with Gasteiger partial charge < -0.3 is 5.32 Å². The summed E-state index contributed by atoms with van der Waals surface area (Å²) in [6.45, 7) is 1.66. The van der Waals surface area contributed by atoms with Crippen LogP contribution in [0.2, 0.25) is 0 Å².